The van der Waals surface area contributed by atoms with Crippen LogP contribution in [-0.2, 0) is 12.8 Å². The highest BCUT2D eigenvalue weighted by Crippen LogP contribution is 2.40. The minimum Gasteiger partial charge on any atom is -0.393 e. The molecule has 3 aliphatic carbocycles. The van der Waals surface area contributed by atoms with Crippen LogP contribution in [-0.4, -0.2) is 23.8 Å². The second kappa shape index (κ2) is 5.73. The van der Waals surface area contributed by atoms with Crippen LogP contribution in [0.5, 0.6) is 0 Å². The van der Waals surface area contributed by atoms with Crippen molar-refractivity contribution in [2.24, 2.45) is 17.8 Å². The molecule has 0 spiro atoms. The number of hydrogen-bond donors (Lipinski definition) is 2. The van der Waals surface area contributed by atoms with Gasteiger partial charge in [0.1, 0.15) is 0 Å². The second-order valence-corrected chi connectivity index (χ2v) is 7.47. The molecule has 0 heterocycles. The SMILES string of the molecule is OC1CCCC1CNC1C2CCC1Cc1ccccc1C2. The quantitative estimate of drug-likeness (QED) is 0.895. The molecule has 4 unspecified atom stereocenters. The standard InChI is InChI=1S/C19H27NO/c21-18-7-3-6-17(18)12-20-19-15-8-9-16(19)11-14-5-2-1-4-13(14)10-15/h1-2,4-5,15-21H,3,6-12H2. The van der Waals surface area contributed by atoms with E-state index in [2.05, 4.69) is 29.6 Å². The summed E-state index contributed by atoms with van der Waals surface area (Å²) in [5.74, 6) is 2.10. The van der Waals surface area contributed by atoms with Crippen LogP contribution in [0.1, 0.15) is 43.2 Å². The summed E-state index contributed by atoms with van der Waals surface area (Å²) in [5, 5.41) is 13.9. The highest BCUT2D eigenvalue weighted by Gasteiger charge is 2.39. The van der Waals surface area contributed by atoms with Crippen LogP contribution in [0.15, 0.2) is 24.3 Å². The third kappa shape index (κ3) is 2.64. The van der Waals surface area contributed by atoms with Gasteiger partial charge in [0.15, 0.2) is 0 Å². The summed E-state index contributed by atoms with van der Waals surface area (Å²) >= 11 is 0. The van der Waals surface area contributed by atoms with E-state index in [9.17, 15) is 5.11 Å². The molecule has 114 valence electrons. The largest absolute Gasteiger partial charge is 0.393 e. The smallest absolute Gasteiger partial charge is 0.0580 e. The minimum atomic E-state index is -0.0573. The van der Waals surface area contributed by atoms with E-state index >= 15 is 0 Å². The lowest BCUT2D eigenvalue weighted by atomic mass is 9.94. The Bertz CT molecular complexity index is 467. The van der Waals surface area contributed by atoms with Gasteiger partial charge in [0.25, 0.3) is 0 Å². The van der Waals surface area contributed by atoms with Crippen LogP contribution in [0.2, 0.25) is 0 Å². The Balaban J connectivity index is 1.45. The van der Waals surface area contributed by atoms with Crippen molar-refractivity contribution in [3.63, 3.8) is 0 Å². The van der Waals surface area contributed by atoms with E-state index in [1.807, 2.05) is 0 Å². The molecule has 2 fully saturated rings. The Morgan fingerprint density at radius 2 is 1.62 bits per heavy atom. The first-order valence-corrected chi connectivity index (χ1v) is 8.79. The number of aliphatic hydroxyl groups excluding tert-OH is 1. The van der Waals surface area contributed by atoms with E-state index in [1.165, 1.54) is 38.5 Å². The van der Waals surface area contributed by atoms with Gasteiger partial charge in [0.2, 0.25) is 0 Å². The molecule has 21 heavy (non-hydrogen) atoms. The third-order valence-corrected chi connectivity index (χ3v) is 6.24. The van der Waals surface area contributed by atoms with Gasteiger partial charge in [0.05, 0.1) is 6.10 Å². The fourth-order valence-electron chi connectivity index (χ4n) is 5.03. The maximum atomic E-state index is 10.0. The van der Waals surface area contributed by atoms with Gasteiger partial charge in [-0.15, -0.1) is 0 Å². The summed E-state index contributed by atoms with van der Waals surface area (Å²) in [5.41, 5.74) is 3.16. The molecule has 0 aliphatic heterocycles. The van der Waals surface area contributed by atoms with E-state index in [4.69, 9.17) is 0 Å². The highest BCUT2D eigenvalue weighted by molar-refractivity contribution is 5.30. The van der Waals surface area contributed by atoms with E-state index < -0.39 is 0 Å². The lowest BCUT2D eigenvalue weighted by Gasteiger charge is -2.26. The molecular weight excluding hydrogens is 258 g/mol. The summed E-state index contributed by atoms with van der Waals surface area (Å²) in [6.07, 6.45) is 8.61. The fraction of sp³-hybridized carbons (Fsp3) is 0.684. The van der Waals surface area contributed by atoms with Crippen LogP contribution in [0.3, 0.4) is 0 Å². The van der Waals surface area contributed by atoms with E-state index in [1.54, 1.807) is 11.1 Å². The molecule has 0 aromatic heterocycles. The van der Waals surface area contributed by atoms with Crippen LogP contribution >= 0.6 is 0 Å². The third-order valence-electron chi connectivity index (χ3n) is 6.24. The van der Waals surface area contributed by atoms with Crippen molar-refractivity contribution in [2.75, 3.05) is 6.54 Å². The zero-order valence-corrected chi connectivity index (χ0v) is 12.8. The molecule has 2 heteroatoms. The van der Waals surface area contributed by atoms with E-state index in [0.717, 1.165) is 24.8 Å². The van der Waals surface area contributed by atoms with Crippen molar-refractivity contribution >= 4 is 0 Å². The predicted octanol–water partition coefficient (Wildman–Crippen LogP) is 2.93. The van der Waals surface area contributed by atoms with Crippen molar-refractivity contribution in [1.29, 1.82) is 0 Å². The Morgan fingerprint density at radius 3 is 2.19 bits per heavy atom. The molecule has 3 aliphatic rings. The van der Waals surface area contributed by atoms with Crippen molar-refractivity contribution in [2.45, 2.75) is 57.1 Å². The molecule has 1 aromatic rings. The first-order chi connectivity index (χ1) is 10.3. The van der Waals surface area contributed by atoms with Gasteiger partial charge in [-0.3, -0.25) is 0 Å². The molecule has 4 atom stereocenters. The number of fused-ring (bicyclic) bond motifs is 3. The van der Waals surface area contributed by atoms with Crippen molar-refractivity contribution in [1.82, 2.24) is 5.32 Å². The zero-order valence-electron chi connectivity index (χ0n) is 12.8. The average molecular weight is 285 g/mol. The Kier molecular flexibility index (Phi) is 3.76. The molecule has 2 nitrogen and oxygen atoms in total. The lowest BCUT2D eigenvalue weighted by Crippen LogP contribution is -2.41. The summed E-state index contributed by atoms with van der Waals surface area (Å²) < 4.78 is 0. The molecular formula is C19H27NO. The van der Waals surface area contributed by atoms with Gasteiger partial charge in [-0.25, -0.2) is 0 Å². The zero-order chi connectivity index (χ0) is 14.2. The summed E-state index contributed by atoms with van der Waals surface area (Å²) in [7, 11) is 0. The topological polar surface area (TPSA) is 32.3 Å². The van der Waals surface area contributed by atoms with Gasteiger partial charge in [-0.2, -0.15) is 0 Å². The molecule has 0 radical (unpaired) electrons. The Labute approximate surface area is 128 Å². The number of hydrogen-bond acceptors (Lipinski definition) is 2. The Morgan fingerprint density at radius 1 is 0.952 bits per heavy atom. The molecule has 4 rings (SSSR count). The van der Waals surface area contributed by atoms with Crippen molar-refractivity contribution < 1.29 is 5.11 Å². The molecule has 2 bridgehead atoms. The first kappa shape index (κ1) is 13.8. The summed E-state index contributed by atoms with van der Waals surface area (Å²) in [6.45, 7) is 1.02. The van der Waals surface area contributed by atoms with Crippen LogP contribution in [0, 0.1) is 17.8 Å². The average Bonchev–Trinajstić information content (AvgIpc) is 2.99. The van der Waals surface area contributed by atoms with Crippen LogP contribution < -0.4 is 5.32 Å². The minimum absolute atomic E-state index is 0.0573. The molecule has 1 aromatic carbocycles. The Hall–Kier alpha value is -0.860. The highest BCUT2D eigenvalue weighted by atomic mass is 16.3. The summed E-state index contributed by atoms with van der Waals surface area (Å²) in [4.78, 5) is 0. The number of aliphatic hydroxyl groups is 1. The van der Waals surface area contributed by atoms with Gasteiger partial charge >= 0.3 is 0 Å². The first-order valence-electron chi connectivity index (χ1n) is 8.79. The van der Waals surface area contributed by atoms with Crippen molar-refractivity contribution in [3.8, 4) is 0 Å². The maximum absolute atomic E-state index is 10.0. The predicted molar refractivity (Wildman–Crippen MR) is 85.2 cm³/mol. The van der Waals surface area contributed by atoms with Gasteiger partial charge in [-0.05, 0) is 67.4 Å². The second-order valence-electron chi connectivity index (χ2n) is 7.47. The van der Waals surface area contributed by atoms with E-state index in [0.29, 0.717) is 12.0 Å². The van der Waals surface area contributed by atoms with Gasteiger partial charge in [-0.1, -0.05) is 30.7 Å². The van der Waals surface area contributed by atoms with E-state index in [-0.39, 0.29) is 6.10 Å². The summed E-state index contributed by atoms with van der Waals surface area (Å²) in [6, 6.07) is 9.71. The molecule has 2 N–H and O–H groups in total. The number of rotatable bonds is 3. The van der Waals surface area contributed by atoms with Crippen molar-refractivity contribution in [3.05, 3.63) is 35.4 Å². The van der Waals surface area contributed by atoms with Crippen LogP contribution in [0.4, 0.5) is 0 Å². The lowest BCUT2D eigenvalue weighted by molar-refractivity contribution is 0.127. The molecule has 2 saturated carbocycles. The monoisotopic (exact) mass is 285 g/mol. The number of nitrogens with one attached hydrogen (secondary N) is 1. The number of benzene rings is 1. The maximum Gasteiger partial charge on any atom is 0.0580 e. The molecule has 0 amide bonds. The van der Waals surface area contributed by atoms with Gasteiger partial charge in [0, 0.05) is 12.6 Å². The normalized spacial score (nSPS) is 38.2. The fourth-order valence-corrected chi connectivity index (χ4v) is 5.03. The molecule has 0 saturated heterocycles. The van der Waals surface area contributed by atoms with Crippen LogP contribution in [0.25, 0.3) is 0 Å². The van der Waals surface area contributed by atoms with Gasteiger partial charge < -0.3 is 10.4 Å².